The van der Waals surface area contributed by atoms with Gasteiger partial charge in [0.25, 0.3) is 5.91 Å². The third kappa shape index (κ3) is 5.49. The summed E-state index contributed by atoms with van der Waals surface area (Å²) >= 11 is 1.79. The number of thioether (sulfide) groups is 1. The fourth-order valence-corrected chi connectivity index (χ4v) is 5.01. The van der Waals surface area contributed by atoms with E-state index in [1.807, 2.05) is 59.5 Å². The summed E-state index contributed by atoms with van der Waals surface area (Å²) in [6, 6.07) is 19.9. The van der Waals surface area contributed by atoms with Crippen LogP contribution in [-0.4, -0.2) is 41.6 Å². The number of hydrogen-bond acceptors (Lipinski definition) is 5. The SMILES string of the molecule is O=C(NC1CC1)c1ccc(CN(CC(=O)N2CCSc3ccccc32)Cc2ccco2)cc1. The molecule has 0 spiro atoms. The van der Waals surface area contributed by atoms with Crippen LogP contribution in [0.1, 0.15) is 34.5 Å². The molecule has 33 heavy (non-hydrogen) atoms. The minimum atomic E-state index is -0.0201. The monoisotopic (exact) mass is 461 g/mol. The summed E-state index contributed by atoms with van der Waals surface area (Å²) in [5.41, 5.74) is 2.70. The summed E-state index contributed by atoms with van der Waals surface area (Å²) in [6.07, 6.45) is 3.79. The van der Waals surface area contributed by atoms with Crippen LogP contribution in [0.15, 0.2) is 76.2 Å². The first kappa shape index (κ1) is 21.8. The standard InChI is InChI=1S/C26H27N3O3S/c30-25(29-13-15-33-24-6-2-1-5-23(24)29)18-28(17-22-4-3-14-32-22)16-19-7-9-20(10-8-19)26(31)27-21-11-12-21/h1-10,14,21H,11-13,15-18H2,(H,27,31). The molecule has 2 amide bonds. The van der Waals surface area contributed by atoms with Crippen LogP contribution in [-0.2, 0) is 17.9 Å². The fourth-order valence-electron chi connectivity index (χ4n) is 4.01. The Hall–Kier alpha value is -3.03. The summed E-state index contributed by atoms with van der Waals surface area (Å²) in [7, 11) is 0. The van der Waals surface area contributed by atoms with Gasteiger partial charge in [0.05, 0.1) is 25.0 Å². The number of benzene rings is 2. The Balaban J connectivity index is 1.29. The Bertz CT molecular complexity index is 1110. The van der Waals surface area contributed by atoms with E-state index in [1.165, 1.54) is 0 Å². The van der Waals surface area contributed by atoms with Gasteiger partial charge in [0.2, 0.25) is 5.91 Å². The molecule has 2 aromatic carbocycles. The Morgan fingerprint density at radius 2 is 1.85 bits per heavy atom. The van der Waals surface area contributed by atoms with Crippen LogP contribution < -0.4 is 10.2 Å². The predicted molar refractivity (Wildman–Crippen MR) is 129 cm³/mol. The van der Waals surface area contributed by atoms with Crippen LogP contribution in [0.4, 0.5) is 5.69 Å². The molecule has 170 valence electrons. The molecule has 1 aliphatic heterocycles. The van der Waals surface area contributed by atoms with Gasteiger partial charge in [0.15, 0.2) is 0 Å². The molecule has 0 radical (unpaired) electrons. The lowest BCUT2D eigenvalue weighted by molar-refractivity contribution is -0.120. The van der Waals surface area contributed by atoms with E-state index in [-0.39, 0.29) is 18.4 Å². The van der Waals surface area contributed by atoms with Crippen LogP contribution in [0.5, 0.6) is 0 Å². The number of anilines is 1. The Labute approximate surface area is 197 Å². The number of rotatable bonds is 8. The first-order valence-corrected chi connectivity index (χ1v) is 12.3. The van der Waals surface area contributed by atoms with Crippen LogP contribution in [0.2, 0.25) is 0 Å². The quantitative estimate of drug-likeness (QED) is 0.541. The molecular formula is C26H27N3O3S. The molecule has 0 saturated heterocycles. The number of fused-ring (bicyclic) bond motifs is 1. The second-order valence-corrected chi connectivity index (χ2v) is 9.67. The van der Waals surface area contributed by atoms with Crippen LogP contribution in [0, 0.1) is 0 Å². The minimum Gasteiger partial charge on any atom is -0.468 e. The molecule has 0 bridgehead atoms. The summed E-state index contributed by atoms with van der Waals surface area (Å²) in [5, 5.41) is 3.02. The zero-order chi connectivity index (χ0) is 22.6. The van der Waals surface area contributed by atoms with Crippen molar-refractivity contribution in [1.29, 1.82) is 0 Å². The van der Waals surface area contributed by atoms with E-state index in [1.54, 1.807) is 18.0 Å². The minimum absolute atomic E-state index is 0.0201. The molecule has 2 aliphatic rings. The highest BCUT2D eigenvalue weighted by atomic mass is 32.2. The average Bonchev–Trinajstić information content (AvgIpc) is 3.50. The number of carbonyl (C=O) groups excluding carboxylic acids is 2. The fraction of sp³-hybridized carbons (Fsp3) is 0.308. The van der Waals surface area contributed by atoms with E-state index in [0.29, 0.717) is 31.2 Å². The number of furan rings is 1. The van der Waals surface area contributed by atoms with Crippen LogP contribution in [0.3, 0.4) is 0 Å². The first-order valence-electron chi connectivity index (χ1n) is 11.3. The highest BCUT2D eigenvalue weighted by Gasteiger charge is 2.25. The highest BCUT2D eigenvalue weighted by molar-refractivity contribution is 7.99. The average molecular weight is 462 g/mol. The van der Waals surface area contributed by atoms with Gasteiger partial charge in [0, 0.05) is 35.3 Å². The van der Waals surface area contributed by atoms with Crippen molar-refractivity contribution in [2.24, 2.45) is 0 Å². The first-order chi connectivity index (χ1) is 16.2. The largest absolute Gasteiger partial charge is 0.468 e. The van der Waals surface area contributed by atoms with Crippen molar-refractivity contribution in [3.63, 3.8) is 0 Å². The summed E-state index contributed by atoms with van der Waals surface area (Å²) in [4.78, 5) is 30.7. The van der Waals surface area contributed by atoms with Crippen molar-refractivity contribution in [2.45, 2.75) is 36.9 Å². The maximum Gasteiger partial charge on any atom is 0.251 e. The molecule has 5 rings (SSSR count). The summed E-state index contributed by atoms with van der Waals surface area (Å²) in [5.74, 6) is 1.77. The van der Waals surface area contributed by atoms with Crippen molar-refractivity contribution in [3.05, 3.63) is 83.8 Å². The molecule has 1 saturated carbocycles. The normalized spacial score (nSPS) is 15.4. The summed E-state index contributed by atoms with van der Waals surface area (Å²) in [6.45, 7) is 2.11. The van der Waals surface area contributed by atoms with E-state index in [9.17, 15) is 9.59 Å². The molecule has 6 nitrogen and oxygen atoms in total. The van der Waals surface area contributed by atoms with Gasteiger partial charge in [-0.1, -0.05) is 24.3 Å². The molecule has 7 heteroatoms. The number of carbonyl (C=O) groups is 2. The Morgan fingerprint density at radius 1 is 1.03 bits per heavy atom. The zero-order valence-electron chi connectivity index (χ0n) is 18.4. The molecule has 1 aliphatic carbocycles. The molecule has 2 heterocycles. The van der Waals surface area contributed by atoms with E-state index in [4.69, 9.17) is 4.42 Å². The number of nitrogens with zero attached hydrogens (tertiary/aromatic N) is 2. The number of amides is 2. The molecule has 1 fully saturated rings. The van der Waals surface area contributed by atoms with Crippen molar-refractivity contribution < 1.29 is 14.0 Å². The van der Waals surface area contributed by atoms with Gasteiger partial charge in [0.1, 0.15) is 5.76 Å². The lowest BCUT2D eigenvalue weighted by Gasteiger charge is -2.31. The van der Waals surface area contributed by atoms with E-state index >= 15 is 0 Å². The highest BCUT2D eigenvalue weighted by Crippen LogP contribution is 2.34. The second kappa shape index (κ2) is 9.85. The van der Waals surface area contributed by atoms with Crippen LogP contribution >= 0.6 is 11.8 Å². The van der Waals surface area contributed by atoms with Crippen molar-refractivity contribution >= 4 is 29.3 Å². The number of nitrogens with one attached hydrogen (secondary N) is 1. The van der Waals surface area contributed by atoms with Crippen molar-refractivity contribution in [3.8, 4) is 0 Å². The van der Waals surface area contributed by atoms with Gasteiger partial charge in [-0.2, -0.15) is 0 Å². The number of hydrogen-bond donors (Lipinski definition) is 1. The topological polar surface area (TPSA) is 65.8 Å². The molecule has 3 aromatic rings. The van der Waals surface area contributed by atoms with Crippen LogP contribution in [0.25, 0.3) is 0 Å². The molecule has 0 atom stereocenters. The van der Waals surface area contributed by atoms with E-state index in [0.717, 1.165) is 40.5 Å². The number of para-hydroxylation sites is 1. The third-order valence-electron chi connectivity index (χ3n) is 5.88. The van der Waals surface area contributed by atoms with Gasteiger partial charge < -0.3 is 14.6 Å². The zero-order valence-corrected chi connectivity index (χ0v) is 19.2. The van der Waals surface area contributed by atoms with Crippen molar-refractivity contribution in [1.82, 2.24) is 10.2 Å². The summed E-state index contributed by atoms with van der Waals surface area (Å²) < 4.78 is 5.56. The van der Waals surface area contributed by atoms with E-state index < -0.39 is 0 Å². The van der Waals surface area contributed by atoms with Gasteiger partial charge in [-0.15, -0.1) is 11.8 Å². The van der Waals surface area contributed by atoms with Gasteiger partial charge >= 0.3 is 0 Å². The molecule has 0 unspecified atom stereocenters. The van der Waals surface area contributed by atoms with Gasteiger partial charge in [-0.25, -0.2) is 0 Å². The van der Waals surface area contributed by atoms with E-state index in [2.05, 4.69) is 16.3 Å². The predicted octanol–water partition coefficient (Wildman–Crippen LogP) is 4.31. The Kier molecular flexibility index (Phi) is 6.51. The smallest absolute Gasteiger partial charge is 0.251 e. The lowest BCUT2D eigenvalue weighted by atomic mass is 10.1. The Morgan fingerprint density at radius 3 is 2.61 bits per heavy atom. The molecule has 1 aromatic heterocycles. The third-order valence-corrected chi connectivity index (χ3v) is 6.93. The lowest BCUT2D eigenvalue weighted by Crippen LogP contribution is -2.42. The van der Waals surface area contributed by atoms with Gasteiger partial charge in [-0.3, -0.25) is 14.5 Å². The maximum absolute atomic E-state index is 13.3. The maximum atomic E-state index is 13.3. The molecular weight excluding hydrogens is 434 g/mol. The molecule has 1 N–H and O–H groups in total. The second-order valence-electron chi connectivity index (χ2n) is 8.53. The van der Waals surface area contributed by atoms with Gasteiger partial charge in [-0.05, 0) is 54.8 Å². The van der Waals surface area contributed by atoms with Crippen molar-refractivity contribution in [2.75, 3.05) is 23.7 Å².